The van der Waals surface area contributed by atoms with Gasteiger partial charge in [-0.3, -0.25) is 0 Å². The minimum absolute atomic E-state index is 0.0187. The van der Waals surface area contributed by atoms with E-state index in [0.717, 1.165) is 0 Å². The third-order valence-electron chi connectivity index (χ3n) is 2.37. The fraction of sp³-hybridized carbons (Fsp3) is 0.417. The Balaban J connectivity index is 2.15. The zero-order valence-electron chi connectivity index (χ0n) is 10.8. The lowest BCUT2D eigenvalue weighted by molar-refractivity contribution is 0.359. The van der Waals surface area contributed by atoms with Gasteiger partial charge in [-0.1, -0.05) is 25.1 Å². The molecule has 102 valence electrons. The second kappa shape index (κ2) is 5.48. The summed E-state index contributed by atoms with van der Waals surface area (Å²) in [6.07, 6.45) is 2.07. The predicted molar refractivity (Wildman–Crippen MR) is 68.0 cm³/mol. The van der Waals surface area contributed by atoms with Crippen LogP contribution in [0.1, 0.15) is 25.6 Å². The van der Waals surface area contributed by atoms with Crippen LogP contribution in [0.4, 0.5) is 0 Å². The molecular weight excluding hydrogens is 266 g/mol. The van der Waals surface area contributed by atoms with Crippen LogP contribution in [0.25, 0.3) is 0 Å². The van der Waals surface area contributed by atoms with Crippen molar-refractivity contribution in [2.45, 2.75) is 31.0 Å². The van der Waals surface area contributed by atoms with Crippen LogP contribution in [0.3, 0.4) is 0 Å². The summed E-state index contributed by atoms with van der Waals surface area (Å²) in [5.41, 5.74) is 0. The number of sulfone groups is 1. The summed E-state index contributed by atoms with van der Waals surface area (Å²) < 4.78 is 29.1. The molecular formula is C12H15N3O3S. The number of nitrogens with zero attached hydrogens (tertiary/aromatic N) is 3. The van der Waals surface area contributed by atoms with Crippen molar-refractivity contribution in [2.75, 3.05) is 0 Å². The lowest BCUT2D eigenvalue weighted by atomic mass is 10.1. The molecule has 0 fully saturated rings. The van der Waals surface area contributed by atoms with Gasteiger partial charge in [0.1, 0.15) is 5.75 Å². The van der Waals surface area contributed by atoms with Crippen LogP contribution in [0.2, 0.25) is 0 Å². The molecule has 7 heteroatoms. The van der Waals surface area contributed by atoms with Crippen molar-refractivity contribution in [1.29, 1.82) is 0 Å². The second-order valence-electron chi connectivity index (χ2n) is 4.63. The molecule has 0 atom stereocenters. The van der Waals surface area contributed by atoms with Crippen molar-refractivity contribution < 1.29 is 12.9 Å². The highest BCUT2D eigenvalue weighted by Gasteiger charge is 2.20. The standard InChI is InChI=1S/C12H15N3O3S/c1-9(2)7-11-14-10(15-18-11)8-19(16,17)12-5-3-4-6-13-12/h3-6,9H,7-8H2,1-2H3. The molecule has 2 aromatic heterocycles. The molecule has 0 aliphatic carbocycles. The molecule has 0 unspecified atom stereocenters. The van der Waals surface area contributed by atoms with Crippen molar-refractivity contribution >= 4 is 9.84 Å². The van der Waals surface area contributed by atoms with E-state index >= 15 is 0 Å². The first-order valence-electron chi connectivity index (χ1n) is 5.92. The average molecular weight is 281 g/mol. The van der Waals surface area contributed by atoms with E-state index in [1.807, 2.05) is 13.8 Å². The predicted octanol–water partition coefficient (Wildman–Crippen LogP) is 1.64. The Kier molecular flexibility index (Phi) is 3.94. The highest BCUT2D eigenvalue weighted by Crippen LogP contribution is 2.13. The monoisotopic (exact) mass is 281 g/mol. The SMILES string of the molecule is CC(C)Cc1nc(CS(=O)(=O)c2ccccn2)no1. The number of rotatable bonds is 5. The summed E-state index contributed by atoms with van der Waals surface area (Å²) in [5.74, 6) is 0.703. The Bertz CT molecular complexity index is 635. The van der Waals surface area contributed by atoms with Gasteiger partial charge < -0.3 is 4.52 Å². The van der Waals surface area contributed by atoms with Gasteiger partial charge in [0.2, 0.25) is 15.7 Å². The van der Waals surface area contributed by atoms with Gasteiger partial charge in [-0.2, -0.15) is 4.98 Å². The molecule has 2 aromatic rings. The van der Waals surface area contributed by atoms with Gasteiger partial charge in [0.05, 0.1) is 0 Å². The summed E-state index contributed by atoms with van der Waals surface area (Å²) in [5, 5.41) is 3.71. The molecule has 0 bridgehead atoms. The van der Waals surface area contributed by atoms with Gasteiger partial charge in [-0.05, 0) is 18.1 Å². The molecule has 0 N–H and O–H groups in total. The summed E-state index contributed by atoms with van der Waals surface area (Å²) in [4.78, 5) is 7.90. The number of hydrogen-bond donors (Lipinski definition) is 0. The Hall–Kier alpha value is -1.76. The normalized spacial score (nSPS) is 11.9. The van der Waals surface area contributed by atoms with Gasteiger partial charge >= 0.3 is 0 Å². The smallest absolute Gasteiger partial charge is 0.226 e. The highest BCUT2D eigenvalue weighted by molar-refractivity contribution is 7.90. The van der Waals surface area contributed by atoms with Gasteiger partial charge in [0.15, 0.2) is 10.9 Å². The molecule has 0 aromatic carbocycles. The molecule has 6 nitrogen and oxygen atoms in total. The number of hydrogen-bond acceptors (Lipinski definition) is 6. The summed E-state index contributed by atoms with van der Waals surface area (Å²) in [6, 6.07) is 4.73. The van der Waals surface area contributed by atoms with Gasteiger partial charge in [-0.15, -0.1) is 0 Å². The Morgan fingerprint density at radius 3 is 2.74 bits per heavy atom. The van der Waals surface area contributed by atoms with E-state index in [4.69, 9.17) is 4.52 Å². The van der Waals surface area contributed by atoms with Crippen molar-refractivity contribution in [2.24, 2.45) is 5.92 Å². The molecule has 2 heterocycles. The van der Waals surface area contributed by atoms with E-state index < -0.39 is 9.84 Å². The van der Waals surface area contributed by atoms with E-state index in [-0.39, 0.29) is 16.6 Å². The van der Waals surface area contributed by atoms with E-state index in [1.54, 1.807) is 12.1 Å². The molecule has 0 aliphatic rings. The van der Waals surface area contributed by atoms with E-state index in [0.29, 0.717) is 18.2 Å². The van der Waals surface area contributed by atoms with Crippen molar-refractivity contribution in [3.63, 3.8) is 0 Å². The fourth-order valence-electron chi connectivity index (χ4n) is 1.56. The maximum absolute atomic E-state index is 12.0. The summed E-state index contributed by atoms with van der Waals surface area (Å²) in [6.45, 7) is 4.04. The first-order chi connectivity index (χ1) is 8.97. The van der Waals surface area contributed by atoms with Crippen LogP contribution in [-0.2, 0) is 22.0 Å². The molecule has 0 aliphatic heterocycles. The van der Waals surface area contributed by atoms with Crippen LogP contribution < -0.4 is 0 Å². The molecule has 0 saturated carbocycles. The lowest BCUT2D eigenvalue weighted by Gasteiger charge is -1.99. The van der Waals surface area contributed by atoms with Crippen molar-refractivity contribution in [1.82, 2.24) is 15.1 Å². The molecule has 0 amide bonds. The molecule has 19 heavy (non-hydrogen) atoms. The lowest BCUT2D eigenvalue weighted by Crippen LogP contribution is -2.08. The van der Waals surface area contributed by atoms with Crippen LogP contribution in [-0.4, -0.2) is 23.5 Å². The average Bonchev–Trinajstić information content (AvgIpc) is 2.76. The van der Waals surface area contributed by atoms with Crippen molar-refractivity contribution in [3.05, 3.63) is 36.1 Å². The van der Waals surface area contributed by atoms with Crippen LogP contribution in [0.15, 0.2) is 33.9 Å². The van der Waals surface area contributed by atoms with Gasteiger partial charge in [0.25, 0.3) is 0 Å². The minimum atomic E-state index is -3.52. The third kappa shape index (κ3) is 3.60. The Morgan fingerprint density at radius 1 is 1.32 bits per heavy atom. The second-order valence-corrected chi connectivity index (χ2v) is 6.57. The summed E-state index contributed by atoms with van der Waals surface area (Å²) in [7, 11) is -3.52. The summed E-state index contributed by atoms with van der Waals surface area (Å²) >= 11 is 0. The van der Waals surface area contributed by atoms with Crippen LogP contribution >= 0.6 is 0 Å². The van der Waals surface area contributed by atoms with E-state index in [2.05, 4.69) is 15.1 Å². The molecule has 2 rings (SSSR count). The van der Waals surface area contributed by atoms with Gasteiger partial charge in [0, 0.05) is 12.6 Å². The quantitative estimate of drug-likeness (QED) is 0.828. The Labute approximate surface area is 111 Å². The zero-order valence-corrected chi connectivity index (χ0v) is 11.6. The topological polar surface area (TPSA) is 86.0 Å². The van der Waals surface area contributed by atoms with Gasteiger partial charge in [-0.25, -0.2) is 13.4 Å². The number of aromatic nitrogens is 3. The van der Waals surface area contributed by atoms with E-state index in [9.17, 15) is 8.42 Å². The maximum Gasteiger partial charge on any atom is 0.226 e. The molecule has 0 radical (unpaired) electrons. The maximum atomic E-state index is 12.0. The minimum Gasteiger partial charge on any atom is -0.339 e. The largest absolute Gasteiger partial charge is 0.339 e. The fourth-order valence-corrected chi connectivity index (χ4v) is 2.67. The first-order valence-corrected chi connectivity index (χ1v) is 7.58. The van der Waals surface area contributed by atoms with Crippen LogP contribution in [0.5, 0.6) is 0 Å². The highest BCUT2D eigenvalue weighted by atomic mass is 32.2. The molecule has 0 saturated heterocycles. The Morgan fingerprint density at radius 2 is 2.11 bits per heavy atom. The van der Waals surface area contributed by atoms with E-state index in [1.165, 1.54) is 12.3 Å². The van der Waals surface area contributed by atoms with Crippen LogP contribution in [0, 0.1) is 5.92 Å². The van der Waals surface area contributed by atoms with Crippen molar-refractivity contribution in [3.8, 4) is 0 Å². The third-order valence-corrected chi connectivity index (χ3v) is 3.89. The first kappa shape index (κ1) is 13.7. The zero-order chi connectivity index (χ0) is 13.9. The number of pyridine rings is 1. The molecule has 0 spiro atoms.